The van der Waals surface area contributed by atoms with Crippen LogP contribution in [0, 0.1) is 0 Å². The number of methoxy groups -OCH3 is 1. The summed E-state index contributed by atoms with van der Waals surface area (Å²) in [5.41, 5.74) is 1.64. The highest BCUT2D eigenvalue weighted by Crippen LogP contribution is 2.42. The van der Waals surface area contributed by atoms with Crippen molar-refractivity contribution in [3.8, 4) is 17.2 Å². The van der Waals surface area contributed by atoms with E-state index in [2.05, 4.69) is 0 Å². The van der Waals surface area contributed by atoms with Crippen LogP contribution >= 0.6 is 0 Å². The Morgan fingerprint density at radius 3 is 2.59 bits per heavy atom. The van der Waals surface area contributed by atoms with Crippen molar-refractivity contribution in [2.45, 2.75) is 19.5 Å². The molecule has 8 heteroatoms. The monoisotopic (exact) mass is 499 g/mol. The first-order valence-electron chi connectivity index (χ1n) is 11.8. The van der Waals surface area contributed by atoms with Crippen molar-refractivity contribution >= 4 is 22.7 Å². The molecule has 0 saturated heterocycles. The number of furan rings is 1. The highest BCUT2D eigenvalue weighted by atomic mass is 16.5. The molecule has 3 aromatic carbocycles. The number of aromatic hydroxyl groups is 1. The van der Waals surface area contributed by atoms with Crippen LogP contribution in [0.15, 0.2) is 88.5 Å². The van der Waals surface area contributed by atoms with Gasteiger partial charge in [-0.1, -0.05) is 36.4 Å². The number of hydrogen-bond acceptors (Lipinski definition) is 7. The van der Waals surface area contributed by atoms with Crippen LogP contribution < -0.4 is 9.47 Å². The van der Waals surface area contributed by atoms with E-state index in [4.69, 9.17) is 13.9 Å². The lowest BCUT2D eigenvalue weighted by Crippen LogP contribution is -2.30. The summed E-state index contributed by atoms with van der Waals surface area (Å²) < 4.78 is 16.6. The number of carbonyl (C=O) groups is 2. The van der Waals surface area contributed by atoms with Gasteiger partial charge in [0.15, 0.2) is 23.0 Å². The van der Waals surface area contributed by atoms with Crippen LogP contribution in [0.1, 0.15) is 34.6 Å². The molecule has 0 fully saturated rings. The van der Waals surface area contributed by atoms with Gasteiger partial charge in [-0.15, -0.1) is 0 Å². The maximum atomic E-state index is 13.7. The number of benzene rings is 3. The highest BCUT2D eigenvalue weighted by molar-refractivity contribution is 6.16. The molecule has 0 saturated carbocycles. The molecule has 8 nitrogen and oxygen atoms in total. The molecule has 37 heavy (non-hydrogen) atoms. The minimum Gasteiger partial charge on any atom is -0.504 e. The third-order valence-electron chi connectivity index (χ3n) is 6.28. The van der Waals surface area contributed by atoms with Crippen LogP contribution in [0.2, 0.25) is 0 Å². The molecule has 1 atom stereocenters. The van der Waals surface area contributed by atoms with Gasteiger partial charge in [-0.3, -0.25) is 9.59 Å². The average Bonchev–Trinajstić information content (AvgIpc) is 3.45. The van der Waals surface area contributed by atoms with Crippen molar-refractivity contribution in [2.75, 3.05) is 13.7 Å². The van der Waals surface area contributed by atoms with Crippen molar-refractivity contribution < 1.29 is 33.7 Å². The molecule has 188 valence electrons. The van der Waals surface area contributed by atoms with E-state index in [1.54, 1.807) is 62.6 Å². The summed E-state index contributed by atoms with van der Waals surface area (Å²) in [6.45, 7) is 2.18. The Balaban J connectivity index is 1.61. The van der Waals surface area contributed by atoms with E-state index in [0.29, 0.717) is 23.5 Å². The summed E-state index contributed by atoms with van der Waals surface area (Å²) in [6.07, 6.45) is 0. The number of aliphatic hydroxyl groups excluding tert-OH is 1. The van der Waals surface area contributed by atoms with E-state index in [9.17, 15) is 19.8 Å². The molecule has 1 unspecified atom stereocenters. The number of fused-ring (bicyclic) bond motifs is 1. The third kappa shape index (κ3) is 4.38. The molecule has 0 aliphatic carbocycles. The van der Waals surface area contributed by atoms with Crippen molar-refractivity contribution in [1.82, 2.24) is 4.90 Å². The summed E-state index contributed by atoms with van der Waals surface area (Å²) in [6, 6.07) is 19.6. The van der Waals surface area contributed by atoms with Crippen molar-refractivity contribution in [3.63, 3.8) is 0 Å². The van der Waals surface area contributed by atoms with Gasteiger partial charge in [0, 0.05) is 11.9 Å². The summed E-state index contributed by atoms with van der Waals surface area (Å²) in [5, 5.41) is 22.0. The van der Waals surface area contributed by atoms with Crippen LogP contribution in [0.25, 0.3) is 11.0 Å². The zero-order valence-electron chi connectivity index (χ0n) is 20.3. The molecule has 2 heterocycles. The molecule has 0 bridgehead atoms. The van der Waals surface area contributed by atoms with E-state index in [-0.39, 0.29) is 29.4 Å². The second-order valence-corrected chi connectivity index (χ2v) is 8.59. The van der Waals surface area contributed by atoms with Crippen LogP contribution in [0.3, 0.4) is 0 Å². The molecule has 5 rings (SSSR count). The molecular formula is C29H25NO7. The second-order valence-electron chi connectivity index (χ2n) is 8.59. The van der Waals surface area contributed by atoms with Gasteiger partial charge in [0.1, 0.15) is 11.3 Å². The minimum atomic E-state index is -0.959. The smallest absolute Gasteiger partial charge is 0.290 e. The van der Waals surface area contributed by atoms with E-state index < -0.39 is 23.5 Å². The van der Waals surface area contributed by atoms with Crippen LogP contribution in [-0.2, 0) is 11.3 Å². The molecule has 4 aromatic rings. The Labute approximate surface area is 213 Å². The fraction of sp³-hybridized carbons (Fsp3) is 0.172. The topological polar surface area (TPSA) is 109 Å². The standard InChI is InChI=1S/C29H25NO7/c1-3-36-23-15-19(11-12-21(23)31)26-25(27(32)24-14-18-8-4-5-10-22(18)37-24)28(33)29(34)30(26)16-17-7-6-9-20(13-17)35-2/h4-15,26,31,33H,3,16H2,1-2H3. The Morgan fingerprint density at radius 1 is 1.03 bits per heavy atom. The Morgan fingerprint density at radius 2 is 1.84 bits per heavy atom. The lowest BCUT2D eigenvalue weighted by Gasteiger charge is -2.27. The molecule has 2 N–H and O–H groups in total. The molecule has 0 spiro atoms. The number of amides is 1. The van der Waals surface area contributed by atoms with Gasteiger partial charge in [0.05, 0.1) is 25.3 Å². The van der Waals surface area contributed by atoms with Gasteiger partial charge in [-0.2, -0.15) is 0 Å². The van der Waals surface area contributed by atoms with Gasteiger partial charge < -0.3 is 29.0 Å². The van der Waals surface area contributed by atoms with E-state index >= 15 is 0 Å². The number of rotatable bonds is 8. The molecule has 1 aliphatic rings. The zero-order chi connectivity index (χ0) is 26.1. The number of phenols is 1. The number of phenolic OH excluding ortho intramolecular Hbond substituents is 1. The SMILES string of the molecule is CCOc1cc(C2C(C(=O)c3cc4ccccc4o3)=C(O)C(=O)N2Cc2cccc(OC)c2)ccc1O. The van der Waals surface area contributed by atoms with Crippen LogP contribution in [0.4, 0.5) is 0 Å². The van der Waals surface area contributed by atoms with Gasteiger partial charge in [0.25, 0.3) is 5.91 Å². The maximum absolute atomic E-state index is 13.7. The normalized spacial score (nSPS) is 15.5. The molecule has 1 amide bonds. The van der Waals surface area contributed by atoms with Gasteiger partial charge in [-0.05, 0) is 54.4 Å². The number of para-hydroxylation sites is 1. The van der Waals surface area contributed by atoms with E-state index in [1.807, 2.05) is 18.2 Å². The first-order chi connectivity index (χ1) is 17.9. The van der Waals surface area contributed by atoms with E-state index in [1.165, 1.54) is 11.0 Å². The zero-order valence-corrected chi connectivity index (χ0v) is 20.3. The third-order valence-corrected chi connectivity index (χ3v) is 6.28. The fourth-order valence-corrected chi connectivity index (χ4v) is 4.56. The molecule has 1 aromatic heterocycles. The molecule has 1 aliphatic heterocycles. The number of carbonyl (C=O) groups excluding carboxylic acids is 2. The first kappa shape index (κ1) is 24.0. The lowest BCUT2D eigenvalue weighted by molar-refractivity contribution is -0.130. The van der Waals surface area contributed by atoms with Crippen molar-refractivity contribution in [1.29, 1.82) is 0 Å². The average molecular weight is 500 g/mol. The highest BCUT2D eigenvalue weighted by Gasteiger charge is 2.44. The molecular weight excluding hydrogens is 474 g/mol. The number of hydrogen-bond donors (Lipinski definition) is 2. The Kier molecular flexibility index (Phi) is 6.31. The lowest BCUT2D eigenvalue weighted by atomic mass is 9.94. The first-order valence-corrected chi connectivity index (χ1v) is 11.8. The van der Waals surface area contributed by atoms with Crippen molar-refractivity contribution in [2.24, 2.45) is 0 Å². The van der Waals surface area contributed by atoms with Crippen molar-refractivity contribution in [3.05, 3.63) is 101 Å². The largest absolute Gasteiger partial charge is 0.504 e. The second kappa shape index (κ2) is 9.73. The summed E-state index contributed by atoms with van der Waals surface area (Å²) >= 11 is 0. The Hall–Kier alpha value is -4.72. The predicted molar refractivity (Wildman–Crippen MR) is 136 cm³/mol. The maximum Gasteiger partial charge on any atom is 0.290 e. The molecule has 0 radical (unpaired) electrons. The minimum absolute atomic E-state index is 0.00703. The summed E-state index contributed by atoms with van der Waals surface area (Å²) in [4.78, 5) is 28.5. The number of aliphatic hydroxyl groups is 1. The number of ether oxygens (including phenoxy) is 2. The summed E-state index contributed by atoms with van der Waals surface area (Å²) in [7, 11) is 1.55. The number of ketones is 1. The van der Waals surface area contributed by atoms with Crippen LogP contribution in [0.5, 0.6) is 17.2 Å². The predicted octanol–water partition coefficient (Wildman–Crippen LogP) is 5.32. The fourth-order valence-electron chi connectivity index (χ4n) is 4.56. The van der Waals surface area contributed by atoms with Gasteiger partial charge in [0.2, 0.25) is 5.78 Å². The van der Waals surface area contributed by atoms with Gasteiger partial charge in [-0.25, -0.2) is 0 Å². The van der Waals surface area contributed by atoms with Gasteiger partial charge >= 0.3 is 0 Å². The van der Waals surface area contributed by atoms with E-state index in [0.717, 1.165) is 10.9 Å². The summed E-state index contributed by atoms with van der Waals surface area (Å²) in [5.74, 6) is -1.20. The van der Waals surface area contributed by atoms with Crippen LogP contribution in [-0.4, -0.2) is 40.5 Å². The quantitative estimate of drug-likeness (QED) is 0.316. The number of nitrogens with zero attached hydrogens (tertiary/aromatic N) is 1. The Bertz CT molecular complexity index is 1500. The number of Topliss-reactive ketones (excluding diaryl/α,β-unsaturated/α-hetero) is 1.